The SMILES string of the molecule is CC(C)c1cc2cc(OCCOc3cc4[nH]c(=O)c(C(C)C)cc4cc3OC(F)(F)F)c(OCCOc3cc4cc(C(C)C)c(=O)[nH]c4cc3OC(F)(F)F)cc2[nH]c1=O. The Morgan fingerprint density at radius 2 is 0.667 bits per heavy atom. The van der Waals surface area contributed by atoms with Gasteiger partial charge in [-0.3, -0.25) is 14.4 Å². The molecule has 3 aromatic heterocycles. The van der Waals surface area contributed by atoms with Gasteiger partial charge in [-0.2, -0.15) is 0 Å². The van der Waals surface area contributed by atoms with Gasteiger partial charge in [-0.15, -0.1) is 26.3 Å². The second kappa shape index (κ2) is 17.1. The van der Waals surface area contributed by atoms with E-state index >= 15 is 0 Å². The maximum absolute atomic E-state index is 13.4. The summed E-state index contributed by atoms with van der Waals surface area (Å²) in [6, 6.07) is 12.4. The summed E-state index contributed by atoms with van der Waals surface area (Å²) in [4.78, 5) is 46.0. The molecule has 0 aliphatic rings. The van der Waals surface area contributed by atoms with Crippen molar-refractivity contribution in [1.29, 1.82) is 0 Å². The van der Waals surface area contributed by atoms with Crippen molar-refractivity contribution < 1.29 is 54.8 Å². The van der Waals surface area contributed by atoms with Crippen LogP contribution in [0.5, 0.6) is 34.5 Å². The van der Waals surface area contributed by atoms with Crippen LogP contribution in [0.1, 0.15) is 76.0 Å². The van der Waals surface area contributed by atoms with Crippen LogP contribution in [0.2, 0.25) is 0 Å². The largest absolute Gasteiger partial charge is 0.573 e. The van der Waals surface area contributed by atoms with E-state index in [4.69, 9.17) is 18.9 Å². The van der Waals surface area contributed by atoms with Crippen LogP contribution < -0.4 is 45.1 Å². The topological polar surface area (TPSA) is 154 Å². The van der Waals surface area contributed by atoms with Crippen LogP contribution in [0.4, 0.5) is 26.3 Å². The lowest BCUT2D eigenvalue weighted by Gasteiger charge is -2.18. The number of H-pyrrole nitrogens is 3. The Bertz CT molecular complexity index is 2720. The molecular weight excluding hydrogens is 804 g/mol. The predicted octanol–water partition coefficient (Wildman–Crippen LogP) is 9.29. The molecule has 12 nitrogen and oxygen atoms in total. The highest BCUT2D eigenvalue weighted by Crippen LogP contribution is 2.38. The van der Waals surface area contributed by atoms with Gasteiger partial charge in [0.25, 0.3) is 16.7 Å². The number of aromatic nitrogens is 3. The quantitative estimate of drug-likeness (QED) is 0.0678. The number of alkyl halides is 6. The molecule has 6 aromatic rings. The van der Waals surface area contributed by atoms with Crippen LogP contribution in [-0.2, 0) is 0 Å². The number of hydrogen-bond acceptors (Lipinski definition) is 9. The van der Waals surface area contributed by atoms with Gasteiger partial charge in [0.2, 0.25) is 0 Å². The fraction of sp³-hybridized carbons (Fsp3) is 0.357. The Kier molecular flexibility index (Phi) is 12.3. The van der Waals surface area contributed by atoms with Gasteiger partial charge in [-0.25, -0.2) is 0 Å². The minimum Gasteiger partial charge on any atom is -0.486 e. The summed E-state index contributed by atoms with van der Waals surface area (Å²) in [6.45, 7) is 9.69. The Morgan fingerprint density at radius 3 is 0.983 bits per heavy atom. The second-order valence-electron chi connectivity index (χ2n) is 14.8. The highest BCUT2D eigenvalue weighted by atomic mass is 19.4. The van der Waals surface area contributed by atoms with Crippen molar-refractivity contribution in [2.24, 2.45) is 0 Å². The van der Waals surface area contributed by atoms with Crippen molar-refractivity contribution in [2.45, 2.75) is 72.0 Å². The summed E-state index contributed by atoms with van der Waals surface area (Å²) in [6.07, 6.45) is -10.1. The van der Waals surface area contributed by atoms with E-state index < -0.39 is 35.3 Å². The molecule has 0 saturated heterocycles. The number of nitrogens with one attached hydrogen (secondary N) is 3. The first kappa shape index (κ1) is 43.3. The fourth-order valence-electron chi connectivity index (χ4n) is 6.45. The number of halogens is 6. The molecule has 320 valence electrons. The first-order chi connectivity index (χ1) is 28.2. The smallest absolute Gasteiger partial charge is 0.486 e. The Morgan fingerprint density at radius 1 is 0.417 bits per heavy atom. The van der Waals surface area contributed by atoms with Gasteiger partial charge in [0.15, 0.2) is 34.5 Å². The summed E-state index contributed by atoms with van der Waals surface area (Å²) >= 11 is 0. The third-order valence-corrected chi connectivity index (χ3v) is 9.33. The number of pyridine rings is 3. The van der Waals surface area contributed by atoms with Crippen LogP contribution in [-0.4, -0.2) is 54.1 Å². The Hall–Kier alpha value is -6.33. The summed E-state index contributed by atoms with van der Waals surface area (Å²) in [5.74, 6) is -2.25. The number of hydrogen-bond donors (Lipinski definition) is 3. The molecule has 3 heterocycles. The van der Waals surface area contributed by atoms with Crippen LogP contribution >= 0.6 is 0 Å². The van der Waals surface area contributed by atoms with Gasteiger partial charge >= 0.3 is 12.7 Å². The first-order valence-electron chi connectivity index (χ1n) is 18.8. The summed E-state index contributed by atoms with van der Waals surface area (Å²) in [5, 5.41) is 1.25. The van der Waals surface area contributed by atoms with Gasteiger partial charge in [0.05, 0.1) is 16.6 Å². The maximum atomic E-state index is 13.4. The van der Waals surface area contributed by atoms with E-state index in [0.29, 0.717) is 38.4 Å². The summed E-state index contributed by atoms with van der Waals surface area (Å²) in [5.41, 5.74) is 0.772. The normalized spacial score (nSPS) is 12.2. The number of fused-ring (bicyclic) bond motifs is 3. The predicted molar refractivity (Wildman–Crippen MR) is 211 cm³/mol. The van der Waals surface area contributed by atoms with Crippen molar-refractivity contribution in [2.75, 3.05) is 26.4 Å². The molecule has 0 bridgehead atoms. The zero-order chi connectivity index (χ0) is 43.7. The fourth-order valence-corrected chi connectivity index (χ4v) is 6.45. The van der Waals surface area contributed by atoms with Crippen LogP contribution in [0.3, 0.4) is 0 Å². The Labute approximate surface area is 337 Å². The lowest BCUT2D eigenvalue weighted by molar-refractivity contribution is -0.276. The average molecular weight is 846 g/mol. The zero-order valence-corrected chi connectivity index (χ0v) is 33.2. The molecule has 0 radical (unpaired) electrons. The number of benzene rings is 3. The molecule has 0 aliphatic carbocycles. The van der Waals surface area contributed by atoms with E-state index in [1.807, 2.05) is 13.8 Å². The molecule has 18 heteroatoms. The number of aromatic amines is 3. The molecule has 0 aliphatic heterocycles. The molecular formula is C42H41F6N3O9. The van der Waals surface area contributed by atoms with Gasteiger partial charge in [0.1, 0.15) is 26.4 Å². The molecule has 0 amide bonds. The van der Waals surface area contributed by atoms with Gasteiger partial charge < -0.3 is 43.4 Å². The van der Waals surface area contributed by atoms with E-state index in [0.717, 1.165) is 12.1 Å². The van der Waals surface area contributed by atoms with Crippen molar-refractivity contribution in [1.82, 2.24) is 15.0 Å². The third kappa shape index (κ3) is 10.3. The second-order valence-corrected chi connectivity index (χ2v) is 14.8. The molecule has 6 rings (SSSR count). The molecule has 60 heavy (non-hydrogen) atoms. The van der Waals surface area contributed by atoms with Gasteiger partial charge in [-0.1, -0.05) is 41.5 Å². The minimum atomic E-state index is -5.08. The molecule has 0 fully saturated rings. The summed E-state index contributed by atoms with van der Waals surface area (Å²) in [7, 11) is 0. The zero-order valence-electron chi connectivity index (χ0n) is 33.2. The number of ether oxygens (including phenoxy) is 6. The van der Waals surface area contributed by atoms with Crippen molar-refractivity contribution in [3.05, 3.63) is 102 Å². The van der Waals surface area contributed by atoms with Gasteiger partial charge in [-0.05, 0) is 54.2 Å². The summed E-state index contributed by atoms with van der Waals surface area (Å²) < 4.78 is 112. The number of rotatable bonds is 15. The monoisotopic (exact) mass is 845 g/mol. The van der Waals surface area contributed by atoms with Crippen LogP contribution in [0.25, 0.3) is 32.7 Å². The van der Waals surface area contributed by atoms with E-state index in [1.165, 1.54) is 24.3 Å². The van der Waals surface area contributed by atoms with E-state index in [1.54, 1.807) is 45.9 Å². The average Bonchev–Trinajstić information content (AvgIpc) is 3.13. The lowest BCUT2D eigenvalue weighted by Crippen LogP contribution is -2.19. The molecule has 0 spiro atoms. The first-order valence-corrected chi connectivity index (χ1v) is 18.8. The van der Waals surface area contributed by atoms with Gasteiger partial charge in [0, 0.05) is 51.0 Å². The maximum Gasteiger partial charge on any atom is 0.573 e. The van der Waals surface area contributed by atoms with Crippen molar-refractivity contribution in [3.8, 4) is 34.5 Å². The molecule has 0 saturated carbocycles. The van der Waals surface area contributed by atoms with E-state index in [2.05, 4.69) is 24.4 Å². The highest BCUT2D eigenvalue weighted by Gasteiger charge is 2.34. The Balaban J connectivity index is 1.24. The molecule has 3 N–H and O–H groups in total. The third-order valence-electron chi connectivity index (χ3n) is 9.33. The minimum absolute atomic E-state index is 0.0776. The van der Waals surface area contributed by atoms with Crippen LogP contribution in [0, 0.1) is 0 Å². The molecule has 3 aromatic carbocycles. The lowest BCUT2D eigenvalue weighted by atomic mass is 10.0. The molecule has 0 unspecified atom stereocenters. The standard InChI is InChI=1S/C42H41F6N3O9/c1-20(2)26-11-23-14-32(55-7-10-58-35-18-30-25(16-36(35)59-41(43,44)45)13-28(22(5)6)39(53)50-30)34(17-29(23)49-38(26)52)57-9-8-56-33-15-24-12-27(21(3)4)40(54)51-31(24)19-37(33)60-42(46,47)48/h11-22H,7-10H2,1-6H3,(H,49,52)(H,50,53)(H,51,54). The van der Waals surface area contributed by atoms with Crippen molar-refractivity contribution in [3.63, 3.8) is 0 Å². The highest BCUT2D eigenvalue weighted by molar-refractivity contribution is 5.85. The van der Waals surface area contributed by atoms with E-state index in [-0.39, 0.29) is 83.8 Å². The van der Waals surface area contributed by atoms with Crippen molar-refractivity contribution >= 4 is 32.7 Å². The van der Waals surface area contributed by atoms with Crippen LogP contribution in [0.15, 0.2) is 69.0 Å². The molecule has 0 atom stereocenters. The van der Waals surface area contributed by atoms with E-state index in [9.17, 15) is 40.7 Å².